The van der Waals surface area contributed by atoms with Crippen molar-refractivity contribution in [3.8, 4) is 11.5 Å². The Morgan fingerprint density at radius 1 is 1.11 bits per heavy atom. The molecule has 0 radical (unpaired) electrons. The standard InChI is InChI=1S/C22H26N2O4/c1-27-17-10-11-21(28-2)18(13-17)20(25)15-24-12-6-9-19(24)22(26)23-14-16-7-4-3-5-8-16/h3-5,7-8,10-11,13,19H,6,9,12,14-15H2,1-2H3,(H,23,26)/t19-/m0/s1. The number of methoxy groups -OCH3 is 2. The molecule has 1 N–H and O–H groups in total. The van der Waals surface area contributed by atoms with Crippen molar-refractivity contribution in [2.24, 2.45) is 0 Å². The summed E-state index contributed by atoms with van der Waals surface area (Å²) in [5, 5.41) is 2.99. The van der Waals surface area contributed by atoms with Gasteiger partial charge in [-0.15, -0.1) is 0 Å². The second-order valence-electron chi connectivity index (χ2n) is 6.82. The van der Waals surface area contributed by atoms with Crippen LogP contribution in [0.3, 0.4) is 0 Å². The quantitative estimate of drug-likeness (QED) is 0.711. The van der Waals surface area contributed by atoms with Gasteiger partial charge in [0.2, 0.25) is 5.91 Å². The van der Waals surface area contributed by atoms with Gasteiger partial charge in [0.05, 0.1) is 32.4 Å². The van der Waals surface area contributed by atoms with Crippen molar-refractivity contribution in [2.75, 3.05) is 27.3 Å². The molecule has 1 atom stereocenters. The Labute approximate surface area is 165 Å². The Balaban J connectivity index is 1.64. The molecule has 1 aliphatic rings. The highest BCUT2D eigenvalue weighted by atomic mass is 16.5. The fourth-order valence-electron chi connectivity index (χ4n) is 3.52. The predicted octanol–water partition coefficient (Wildman–Crippen LogP) is 2.67. The van der Waals surface area contributed by atoms with E-state index < -0.39 is 0 Å². The molecule has 2 aromatic rings. The number of likely N-dealkylation sites (tertiary alicyclic amines) is 1. The molecule has 0 unspecified atom stereocenters. The van der Waals surface area contributed by atoms with E-state index in [1.54, 1.807) is 25.3 Å². The van der Waals surface area contributed by atoms with Crippen molar-refractivity contribution < 1.29 is 19.1 Å². The van der Waals surface area contributed by atoms with E-state index in [1.165, 1.54) is 7.11 Å². The highest BCUT2D eigenvalue weighted by molar-refractivity contribution is 6.00. The number of hydrogen-bond acceptors (Lipinski definition) is 5. The lowest BCUT2D eigenvalue weighted by molar-refractivity contribution is -0.125. The molecular weight excluding hydrogens is 356 g/mol. The fraction of sp³-hybridized carbons (Fsp3) is 0.364. The summed E-state index contributed by atoms with van der Waals surface area (Å²) in [6.07, 6.45) is 1.65. The maximum Gasteiger partial charge on any atom is 0.237 e. The molecule has 1 aliphatic heterocycles. The van der Waals surface area contributed by atoms with E-state index in [9.17, 15) is 9.59 Å². The number of ether oxygens (including phenoxy) is 2. The van der Waals surface area contributed by atoms with Crippen LogP contribution in [0, 0.1) is 0 Å². The smallest absolute Gasteiger partial charge is 0.237 e. The van der Waals surface area contributed by atoms with Crippen LogP contribution in [0.5, 0.6) is 11.5 Å². The van der Waals surface area contributed by atoms with E-state index in [-0.39, 0.29) is 24.3 Å². The van der Waals surface area contributed by atoms with Crippen molar-refractivity contribution in [1.82, 2.24) is 10.2 Å². The largest absolute Gasteiger partial charge is 0.497 e. The summed E-state index contributed by atoms with van der Waals surface area (Å²) in [5.74, 6) is 0.989. The number of hydrogen-bond donors (Lipinski definition) is 1. The summed E-state index contributed by atoms with van der Waals surface area (Å²) in [5.41, 5.74) is 1.52. The van der Waals surface area contributed by atoms with E-state index in [2.05, 4.69) is 5.32 Å². The van der Waals surface area contributed by atoms with Gasteiger partial charge in [-0.2, -0.15) is 0 Å². The zero-order valence-corrected chi connectivity index (χ0v) is 16.3. The van der Waals surface area contributed by atoms with Gasteiger partial charge in [0.25, 0.3) is 0 Å². The normalized spacial score (nSPS) is 16.6. The third-order valence-electron chi connectivity index (χ3n) is 5.03. The molecule has 0 aromatic heterocycles. The number of ketones is 1. The van der Waals surface area contributed by atoms with Gasteiger partial charge in [-0.25, -0.2) is 0 Å². The lowest BCUT2D eigenvalue weighted by atomic mass is 10.1. The third kappa shape index (κ3) is 4.70. The van der Waals surface area contributed by atoms with Crippen LogP contribution in [0.25, 0.3) is 0 Å². The van der Waals surface area contributed by atoms with Crippen molar-refractivity contribution in [2.45, 2.75) is 25.4 Å². The van der Waals surface area contributed by atoms with Crippen LogP contribution in [0.15, 0.2) is 48.5 Å². The first-order chi connectivity index (χ1) is 13.6. The molecule has 1 amide bonds. The molecule has 6 heteroatoms. The molecule has 3 rings (SSSR count). The van der Waals surface area contributed by atoms with Crippen molar-refractivity contribution in [3.05, 3.63) is 59.7 Å². The van der Waals surface area contributed by atoms with Crippen molar-refractivity contribution >= 4 is 11.7 Å². The van der Waals surface area contributed by atoms with E-state index in [4.69, 9.17) is 9.47 Å². The highest BCUT2D eigenvalue weighted by Crippen LogP contribution is 2.26. The summed E-state index contributed by atoms with van der Waals surface area (Å²) in [7, 11) is 3.10. The monoisotopic (exact) mass is 382 g/mol. The summed E-state index contributed by atoms with van der Waals surface area (Å²) in [6, 6.07) is 14.7. The molecule has 1 fully saturated rings. The Morgan fingerprint density at radius 2 is 1.89 bits per heavy atom. The van der Waals surface area contributed by atoms with Gasteiger partial charge in [-0.3, -0.25) is 14.5 Å². The predicted molar refractivity (Wildman–Crippen MR) is 107 cm³/mol. The molecule has 0 saturated carbocycles. The maximum atomic E-state index is 12.9. The number of carbonyl (C=O) groups excluding carboxylic acids is 2. The number of Topliss-reactive ketones (excluding diaryl/α,β-unsaturated/α-hetero) is 1. The van der Waals surface area contributed by atoms with Crippen molar-refractivity contribution in [1.29, 1.82) is 0 Å². The number of rotatable bonds is 8. The third-order valence-corrected chi connectivity index (χ3v) is 5.03. The molecule has 1 saturated heterocycles. The van der Waals surface area contributed by atoms with Crippen LogP contribution in [0.2, 0.25) is 0 Å². The van der Waals surface area contributed by atoms with Crippen LogP contribution >= 0.6 is 0 Å². The number of nitrogens with one attached hydrogen (secondary N) is 1. The number of nitrogens with zero attached hydrogens (tertiary/aromatic N) is 1. The van der Waals surface area contributed by atoms with E-state index in [1.807, 2.05) is 35.2 Å². The Kier molecular flexibility index (Phi) is 6.66. The maximum absolute atomic E-state index is 12.9. The Hall–Kier alpha value is -2.86. The lowest BCUT2D eigenvalue weighted by Gasteiger charge is -2.23. The topological polar surface area (TPSA) is 67.9 Å². The van der Waals surface area contributed by atoms with Gasteiger partial charge in [0.15, 0.2) is 5.78 Å². The molecule has 2 aromatic carbocycles. The molecular formula is C22H26N2O4. The van der Waals surface area contributed by atoms with E-state index >= 15 is 0 Å². The van der Waals surface area contributed by atoms with Gasteiger partial charge in [0, 0.05) is 6.54 Å². The number of amides is 1. The first kappa shape index (κ1) is 19.9. The Morgan fingerprint density at radius 3 is 2.61 bits per heavy atom. The molecule has 148 valence electrons. The minimum Gasteiger partial charge on any atom is -0.497 e. The van der Waals surface area contributed by atoms with E-state index in [0.717, 1.165) is 24.9 Å². The van der Waals surface area contributed by atoms with Crippen molar-refractivity contribution in [3.63, 3.8) is 0 Å². The molecule has 0 bridgehead atoms. The van der Waals surface area contributed by atoms with Gasteiger partial charge in [0.1, 0.15) is 11.5 Å². The van der Waals surface area contributed by atoms with Crippen LogP contribution in [-0.4, -0.2) is 49.9 Å². The van der Waals surface area contributed by atoms with Gasteiger partial charge < -0.3 is 14.8 Å². The Bertz CT molecular complexity index is 823. The summed E-state index contributed by atoms with van der Waals surface area (Å²) in [4.78, 5) is 27.5. The molecule has 28 heavy (non-hydrogen) atoms. The van der Waals surface area contributed by atoms with Crippen LogP contribution in [0.1, 0.15) is 28.8 Å². The molecule has 0 aliphatic carbocycles. The summed E-state index contributed by atoms with van der Waals surface area (Å²) in [6.45, 7) is 1.38. The minimum atomic E-state index is -0.288. The first-order valence-corrected chi connectivity index (χ1v) is 9.43. The summed E-state index contributed by atoms with van der Waals surface area (Å²) >= 11 is 0. The summed E-state index contributed by atoms with van der Waals surface area (Å²) < 4.78 is 10.5. The highest BCUT2D eigenvalue weighted by Gasteiger charge is 2.32. The van der Waals surface area contributed by atoms with Gasteiger partial charge in [-0.1, -0.05) is 30.3 Å². The minimum absolute atomic E-state index is 0.0354. The zero-order valence-electron chi connectivity index (χ0n) is 16.3. The van der Waals surface area contributed by atoms with E-state index in [0.29, 0.717) is 23.6 Å². The van der Waals surface area contributed by atoms with Crippen LogP contribution in [0.4, 0.5) is 0 Å². The average molecular weight is 382 g/mol. The average Bonchev–Trinajstić information content (AvgIpc) is 3.20. The molecule has 0 spiro atoms. The molecule has 6 nitrogen and oxygen atoms in total. The first-order valence-electron chi connectivity index (χ1n) is 9.43. The van der Waals surface area contributed by atoms with Crippen LogP contribution < -0.4 is 14.8 Å². The second-order valence-corrected chi connectivity index (χ2v) is 6.82. The fourth-order valence-corrected chi connectivity index (χ4v) is 3.52. The molecule has 1 heterocycles. The number of carbonyl (C=O) groups is 2. The van der Waals surface area contributed by atoms with Gasteiger partial charge in [-0.05, 0) is 43.1 Å². The number of benzene rings is 2. The SMILES string of the molecule is COc1ccc(OC)c(C(=O)CN2CCC[C@H]2C(=O)NCc2ccccc2)c1. The second kappa shape index (κ2) is 9.37. The van der Waals surface area contributed by atoms with Gasteiger partial charge >= 0.3 is 0 Å². The zero-order chi connectivity index (χ0) is 19.9. The van der Waals surface area contributed by atoms with Crippen LogP contribution in [-0.2, 0) is 11.3 Å². The lowest BCUT2D eigenvalue weighted by Crippen LogP contribution is -2.44.